The van der Waals surface area contributed by atoms with Crippen LogP contribution in [0.15, 0.2) is 46.9 Å². The summed E-state index contributed by atoms with van der Waals surface area (Å²) in [6.45, 7) is 0.117. The van der Waals surface area contributed by atoms with Gasteiger partial charge in [-0.1, -0.05) is 34.1 Å². The molecule has 25 heavy (non-hydrogen) atoms. The van der Waals surface area contributed by atoms with E-state index in [1.54, 1.807) is 43.4 Å². The zero-order valence-corrected chi connectivity index (χ0v) is 16.2. The second-order valence-corrected chi connectivity index (χ2v) is 8.36. The average molecular weight is 429 g/mol. The molecule has 0 fully saturated rings. The topological polar surface area (TPSA) is 66.5 Å². The lowest BCUT2D eigenvalue weighted by Gasteiger charge is -2.19. The molecular formula is C17H18BrFN2O3S. The van der Waals surface area contributed by atoms with Gasteiger partial charge in [0.2, 0.25) is 15.9 Å². The zero-order chi connectivity index (χ0) is 18.6. The van der Waals surface area contributed by atoms with E-state index in [2.05, 4.69) is 20.7 Å². The monoisotopic (exact) mass is 428 g/mol. The predicted octanol–water partition coefficient (Wildman–Crippen LogP) is 3.16. The maximum absolute atomic E-state index is 13.8. The van der Waals surface area contributed by atoms with E-state index in [0.29, 0.717) is 16.8 Å². The van der Waals surface area contributed by atoms with Crippen molar-refractivity contribution >= 4 is 37.5 Å². The molecule has 2 aromatic rings. The van der Waals surface area contributed by atoms with E-state index in [0.717, 1.165) is 10.7 Å². The Hall–Kier alpha value is -1.93. The summed E-state index contributed by atoms with van der Waals surface area (Å²) >= 11 is 3.28. The summed E-state index contributed by atoms with van der Waals surface area (Å²) < 4.78 is 39.8. The van der Waals surface area contributed by atoms with Crippen molar-refractivity contribution in [2.45, 2.75) is 13.0 Å². The summed E-state index contributed by atoms with van der Waals surface area (Å²) in [5, 5.41) is 0. The fourth-order valence-electron chi connectivity index (χ4n) is 2.28. The number of carbonyl (C=O) groups excluding carboxylic acids is 1. The number of para-hydroxylation sites is 1. The first-order valence-corrected chi connectivity index (χ1v) is 10.1. The maximum atomic E-state index is 13.8. The predicted molar refractivity (Wildman–Crippen MR) is 99.2 cm³/mol. The van der Waals surface area contributed by atoms with Crippen LogP contribution in [0.4, 0.5) is 10.1 Å². The van der Waals surface area contributed by atoms with E-state index in [1.807, 2.05) is 0 Å². The number of carbonyl (C=O) groups is 1. The van der Waals surface area contributed by atoms with E-state index < -0.39 is 10.0 Å². The molecule has 0 aromatic heterocycles. The summed E-state index contributed by atoms with van der Waals surface area (Å²) in [7, 11) is -1.87. The molecule has 0 aliphatic carbocycles. The number of likely N-dealkylation sites (N-methyl/N-ethyl adjacent to an activating group) is 1. The molecule has 0 radical (unpaired) electrons. The number of anilines is 1. The molecule has 0 unspecified atom stereocenters. The number of hydrogen-bond donors (Lipinski definition) is 1. The van der Waals surface area contributed by atoms with Crippen molar-refractivity contribution in [1.29, 1.82) is 0 Å². The Balaban J connectivity index is 2.13. The standard InChI is InChI=1S/C17H18BrFN2O3S/c1-21(11-13-9-14(18)7-8-15(13)19)17(22)10-12-5-3-4-6-16(12)20-25(2,23)24/h3-9,20H,10-11H2,1-2H3. The minimum absolute atomic E-state index is 0.00478. The van der Waals surface area contributed by atoms with Crippen molar-refractivity contribution in [1.82, 2.24) is 4.90 Å². The molecule has 0 bridgehead atoms. The third-order valence-corrected chi connectivity index (χ3v) is 4.58. The van der Waals surface area contributed by atoms with Crippen LogP contribution in [0.25, 0.3) is 0 Å². The summed E-state index contributed by atoms with van der Waals surface area (Å²) in [5.41, 5.74) is 1.31. The molecule has 2 rings (SSSR count). The number of sulfonamides is 1. The number of amides is 1. The van der Waals surface area contributed by atoms with Gasteiger partial charge in [0.15, 0.2) is 0 Å². The normalized spacial score (nSPS) is 11.2. The largest absolute Gasteiger partial charge is 0.341 e. The number of rotatable bonds is 6. The van der Waals surface area contributed by atoms with E-state index in [1.165, 1.54) is 11.0 Å². The molecule has 0 saturated carbocycles. The van der Waals surface area contributed by atoms with Crippen molar-refractivity contribution in [3.8, 4) is 0 Å². The first-order valence-electron chi connectivity index (χ1n) is 7.39. The first kappa shape index (κ1) is 19.4. The van der Waals surface area contributed by atoms with E-state index in [9.17, 15) is 17.6 Å². The van der Waals surface area contributed by atoms with Crippen LogP contribution in [0.2, 0.25) is 0 Å². The lowest BCUT2D eigenvalue weighted by Crippen LogP contribution is -2.28. The quantitative estimate of drug-likeness (QED) is 0.768. The van der Waals surface area contributed by atoms with Crippen LogP contribution in [0.3, 0.4) is 0 Å². The van der Waals surface area contributed by atoms with Gasteiger partial charge in [-0.3, -0.25) is 9.52 Å². The number of nitrogens with one attached hydrogen (secondary N) is 1. The van der Waals surface area contributed by atoms with Crippen LogP contribution in [0.1, 0.15) is 11.1 Å². The molecule has 0 saturated heterocycles. The Labute approximate surface area is 155 Å². The minimum atomic E-state index is -3.44. The van der Waals surface area contributed by atoms with Crippen molar-refractivity contribution in [2.75, 3.05) is 18.0 Å². The van der Waals surface area contributed by atoms with Gasteiger partial charge in [-0.25, -0.2) is 12.8 Å². The van der Waals surface area contributed by atoms with Crippen molar-refractivity contribution in [3.05, 3.63) is 63.9 Å². The lowest BCUT2D eigenvalue weighted by molar-refractivity contribution is -0.129. The molecule has 5 nitrogen and oxygen atoms in total. The van der Waals surface area contributed by atoms with Gasteiger partial charge >= 0.3 is 0 Å². The Morgan fingerprint density at radius 1 is 1.20 bits per heavy atom. The molecular weight excluding hydrogens is 411 g/mol. The van der Waals surface area contributed by atoms with E-state index >= 15 is 0 Å². The zero-order valence-electron chi connectivity index (χ0n) is 13.8. The highest BCUT2D eigenvalue weighted by Crippen LogP contribution is 2.20. The summed E-state index contributed by atoms with van der Waals surface area (Å²) in [4.78, 5) is 13.9. The van der Waals surface area contributed by atoms with Crippen LogP contribution < -0.4 is 4.72 Å². The molecule has 1 amide bonds. The van der Waals surface area contributed by atoms with Crippen LogP contribution >= 0.6 is 15.9 Å². The van der Waals surface area contributed by atoms with Gasteiger partial charge in [0.05, 0.1) is 18.4 Å². The molecule has 2 aromatic carbocycles. The summed E-state index contributed by atoms with van der Waals surface area (Å²) in [5.74, 6) is -0.635. The summed E-state index contributed by atoms with van der Waals surface area (Å²) in [6.07, 6.45) is 1.05. The van der Waals surface area contributed by atoms with Gasteiger partial charge in [0.1, 0.15) is 5.82 Å². The smallest absolute Gasteiger partial charge is 0.229 e. The van der Waals surface area contributed by atoms with Gasteiger partial charge in [0.25, 0.3) is 0 Å². The van der Waals surface area contributed by atoms with Crippen molar-refractivity contribution in [3.63, 3.8) is 0 Å². The second-order valence-electron chi connectivity index (χ2n) is 5.69. The van der Waals surface area contributed by atoms with E-state index in [-0.39, 0.29) is 24.7 Å². The van der Waals surface area contributed by atoms with Gasteiger partial charge in [-0.2, -0.15) is 0 Å². The fraction of sp³-hybridized carbons (Fsp3) is 0.235. The minimum Gasteiger partial charge on any atom is -0.341 e. The highest BCUT2D eigenvalue weighted by molar-refractivity contribution is 9.10. The highest BCUT2D eigenvalue weighted by atomic mass is 79.9. The van der Waals surface area contributed by atoms with Crippen LogP contribution in [-0.4, -0.2) is 32.5 Å². The molecule has 0 atom stereocenters. The molecule has 0 aliphatic heterocycles. The SMILES string of the molecule is CN(Cc1cc(Br)ccc1F)C(=O)Cc1ccccc1NS(C)(=O)=O. The van der Waals surface area contributed by atoms with Gasteiger partial charge < -0.3 is 4.90 Å². The van der Waals surface area contributed by atoms with Crippen LogP contribution in [-0.2, 0) is 27.8 Å². The van der Waals surface area contributed by atoms with Gasteiger partial charge in [-0.05, 0) is 29.8 Å². The molecule has 0 spiro atoms. The Morgan fingerprint density at radius 3 is 2.56 bits per heavy atom. The Kier molecular flexibility index (Phi) is 6.18. The number of benzene rings is 2. The Bertz CT molecular complexity index is 887. The van der Waals surface area contributed by atoms with E-state index in [4.69, 9.17) is 0 Å². The van der Waals surface area contributed by atoms with Crippen LogP contribution in [0, 0.1) is 5.82 Å². The molecule has 1 N–H and O–H groups in total. The summed E-state index contributed by atoms with van der Waals surface area (Å²) in [6, 6.07) is 11.2. The maximum Gasteiger partial charge on any atom is 0.229 e. The Morgan fingerprint density at radius 2 is 1.88 bits per heavy atom. The third-order valence-electron chi connectivity index (χ3n) is 3.50. The molecule has 0 aliphatic rings. The van der Waals surface area contributed by atoms with Gasteiger partial charge in [-0.15, -0.1) is 0 Å². The number of hydrogen-bond acceptors (Lipinski definition) is 3. The molecule has 0 heterocycles. The molecule has 8 heteroatoms. The third kappa shape index (κ3) is 5.82. The number of nitrogens with zero attached hydrogens (tertiary/aromatic N) is 1. The van der Waals surface area contributed by atoms with Gasteiger partial charge in [0, 0.05) is 23.6 Å². The lowest BCUT2D eigenvalue weighted by atomic mass is 10.1. The van der Waals surface area contributed by atoms with Crippen molar-refractivity contribution < 1.29 is 17.6 Å². The second kappa shape index (κ2) is 7.97. The van der Waals surface area contributed by atoms with Crippen LogP contribution in [0.5, 0.6) is 0 Å². The van der Waals surface area contributed by atoms with Crippen molar-refractivity contribution in [2.24, 2.45) is 0 Å². The highest BCUT2D eigenvalue weighted by Gasteiger charge is 2.15. The first-order chi connectivity index (χ1) is 11.7. The fourth-order valence-corrected chi connectivity index (χ4v) is 3.29. The average Bonchev–Trinajstić information content (AvgIpc) is 2.51. The molecule has 134 valence electrons. The number of halogens is 2.